The predicted molar refractivity (Wildman–Crippen MR) is 190 cm³/mol. The molecule has 2 rings (SSSR count). The van der Waals surface area contributed by atoms with Gasteiger partial charge in [0.25, 0.3) is 0 Å². The van der Waals surface area contributed by atoms with Gasteiger partial charge in [0.1, 0.15) is 26.3 Å². The molecular weight excluding hydrogens is 592 g/mol. The van der Waals surface area contributed by atoms with E-state index in [0.29, 0.717) is 62.5 Å². The van der Waals surface area contributed by atoms with Gasteiger partial charge < -0.3 is 30.4 Å². The number of ether oxygens (including phenoxy) is 4. The Labute approximate surface area is 282 Å². The maximum atomic E-state index is 12.6. The molecular formula is C39H60N2O6+2. The van der Waals surface area contributed by atoms with Gasteiger partial charge >= 0.3 is 0 Å². The SMILES string of the molecule is CCCCCCCCOc1ccc(/C=C/C(=O)CC(=O)/C=C/c2ccc(OCCCCCCCC)c(OCC[NH3+])c2)cc1OCC[NH3+]. The molecule has 2 aromatic carbocycles. The van der Waals surface area contributed by atoms with Gasteiger partial charge in [0.15, 0.2) is 34.6 Å². The maximum absolute atomic E-state index is 12.6. The summed E-state index contributed by atoms with van der Waals surface area (Å²) in [6, 6.07) is 11.2. The summed E-state index contributed by atoms with van der Waals surface area (Å²) in [4.78, 5) is 25.2. The smallest absolute Gasteiger partial charge is 0.163 e. The third-order valence-electron chi connectivity index (χ3n) is 7.52. The molecule has 0 heterocycles. The van der Waals surface area contributed by atoms with Crippen molar-refractivity contribution in [3.8, 4) is 23.0 Å². The number of rotatable bonds is 28. The average Bonchev–Trinajstić information content (AvgIpc) is 3.08. The first kappa shape index (κ1) is 39.6. The van der Waals surface area contributed by atoms with Gasteiger partial charge in [-0.05, 0) is 60.4 Å². The molecule has 0 aromatic heterocycles. The summed E-state index contributed by atoms with van der Waals surface area (Å²) >= 11 is 0. The molecule has 0 fully saturated rings. The highest BCUT2D eigenvalue weighted by Crippen LogP contribution is 2.30. The molecule has 6 N–H and O–H groups in total. The fourth-order valence-electron chi connectivity index (χ4n) is 4.88. The van der Waals surface area contributed by atoms with E-state index in [1.165, 1.54) is 63.5 Å². The molecule has 2 aromatic rings. The number of benzene rings is 2. The molecule has 0 saturated heterocycles. The van der Waals surface area contributed by atoms with Crippen molar-refractivity contribution in [3.05, 3.63) is 59.7 Å². The van der Waals surface area contributed by atoms with Crippen LogP contribution in [0.15, 0.2) is 48.6 Å². The number of hydrogen-bond acceptors (Lipinski definition) is 6. The first-order chi connectivity index (χ1) is 23.0. The fourth-order valence-corrected chi connectivity index (χ4v) is 4.88. The van der Waals surface area contributed by atoms with E-state index in [2.05, 4.69) is 25.3 Å². The van der Waals surface area contributed by atoms with Crippen LogP contribution in [0.4, 0.5) is 0 Å². The van der Waals surface area contributed by atoms with Crippen molar-refractivity contribution >= 4 is 23.7 Å². The van der Waals surface area contributed by atoms with Gasteiger partial charge in [0.2, 0.25) is 0 Å². The van der Waals surface area contributed by atoms with Crippen LogP contribution in [0.3, 0.4) is 0 Å². The Morgan fingerprint density at radius 3 is 1.32 bits per heavy atom. The molecule has 8 nitrogen and oxygen atoms in total. The normalized spacial score (nSPS) is 11.3. The third-order valence-corrected chi connectivity index (χ3v) is 7.52. The highest BCUT2D eigenvalue weighted by molar-refractivity contribution is 6.10. The first-order valence-corrected chi connectivity index (χ1v) is 17.8. The van der Waals surface area contributed by atoms with Crippen molar-refractivity contribution < 1.29 is 40.0 Å². The molecule has 0 amide bonds. The van der Waals surface area contributed by atoms with Crippen LogP contribution in [0.5, 0.6) is 23.0 Å². The standard InChI is InChI=1S/C39H58N2O6/c1-3-5-7-9-11-13-25-44-36-21-17-32(29-38(36)46-27-23-40)15-19-34(42)31-35(43)20-16-33-18-22-37(39(30-33)47-28-24-41)45-26-14-12-10-8-6-4-2/h15-22,29-30H,3-14,23-28,31,40-41H2,1-2H3/p+2/b19-15+,20-16+. The number of carbonyl (C=O) groups excluding carboxylic acids is 2. The molecule has 0 aliphatic rings. The molecule has 0 aliphatic heterocycles. The highest BCUT2D eigenvalue weighted by Gasteiger charge is 2.10. The Balaban J connectivity index is 1.91. The van der Waals surface area contributed by atoms with E-state index in [0.717, 1.165) is 36.8 Å². The zero-order valence-electron chi connectivity index (χ0n) is 29.1. The Bertz CT molecular complexity index is 1130. The van der Waals surface area contributed by atoms with Gasteiger partial charge in [-0.2, -0.15) is 0 Å². The zero-order chi connectivity index (χ0) is 34.0. The van der Waals surface area contributed by atoms with Gasteiger partial charge in [-0.25, -0.2) is 0 Å². The lowest BCUT2D eigenvalue weighted by Gasteiger charge is -2.13. The monoisotopic (exact) mass is 652 g/mol. The number of ketones is 2. The Morgan fingerprint density at radius 1 is 0.532 bits per heavy atom. The number of hydrogen-bond donors (Lipinski definition) is 2. The van der Waals surface area contributed by atoms with Crippen molar-refractivity contribution in [1.29, 1.82) is 0 Å². The lowest BCUT2D eigenvalue weighted by molar-refractivity contribution is -0.371. The minimum absolute atomic E-state index is 0.221. The molecule has 0 spiro atoms. The Kier molecular flexibility index (Phi) is 21.4. The minimum Gasteiger partial charge on any atom is -0.490 e. The largest absolute Gasteiger partial charge is 0.490 e. The van der Waals surface area contributed by atoms with Crippen molar-refractivity contribution in [3.63, 3.8) is 0 Å². The van der Waals surface area contributed by atoms with Gasteiger partial charge in [-0.1, -0.05) is 102 Å². The van der Waals surface area contributed by atoms with Crippen LogP contribution < -0.4 is 30.4 Å². The lowest BCUT2D eigenvalue weighted by Crippen LogP contribution is -2.52. The quantitative estimate of drug-likeness (QED) is 0.0601. The summed E-state index contributed by atoms with van der Waals surface area (Å²) in [7, 11) is 0. The molecule has 0 aliphatic carbocycles. The van der Waals surface area contributed by atoms with Crippen molar-refractivity contribution in [2.24, 2.45) is 0 Å². The van der Waals surface area contributed by atoms with Crippen LogP contribution in [0.25, 0.3) is 12.2 Å². The summed E-state index contributed by atoms with van der Waals surface area (Å²) in [6.07, 6.45) is 20.4. The van der Waals surface area contributed by atoms with E-state index in [4.69, 9.17) is 18.9 Å². The van der Waals surface area contributed by atoms with Crippen LogP contribution in [-0.2, 0) is 9.59 Å². The molecule has 0 unspecified atom stereocenters. The second-order valence-corrected chi connectivity index (χ2v) is 11.8. The van der Waals surface area contributed by atoms with Crippen molar-refractivity contribution in [2.75, 3.05) is 39.5 Å². The zero-order valence-corrected chi connectivity index (χ0v) is 29.1. The van der Waals surface area contributed by atoms with Gasteiger partial charge in [-0.3, -0.25) is 9.59 Å². The van der Waals surface area contributed by atoms with Crippen LogP contribution >= 0.6 is 0 Å². The summed E-state index contributed by atoms with van der Waals surface area (Å²) < 4.78 is 23.7. The van der Waals surface area contributed by atoms with Gasteiger partial charge in [0.05, 0.1) is 19.6 Å². The predicted octanol–water partition coefficient (Wildman–Crippen LogP) is 6.66. The number of unbranched alkanes of at least 4 members (excludes halogenated alkanes) is 10. The van der Waals surface area contributed by atoms with Crippen LogP contribution in [-0.4, -0.2) is 51.1 Å². The summed E-state index contributed by atoms with van der Waals surface area (Å²) in [5.41, 5.74) is 9.29. The minimum atomic E-state index is -0.277. The molecule has 8 heteroatoms. The maximum Gasteiger partial charge on any atom is 0.163 e. The number of allylic oxidation sites excluding steroid dienone is 2. The van der Waals surface area contributed by atoms with E-state index in [1.807, 2.05) is 36.4 Å². The van der Waals surface area contributed by atoms with Crippen LogP contribution in [0.2, 0.25) is 0 Å². The number of carbonyl (C=O) groups is 2. The molecule has 260 valence electrons. The second-order valence-electron chi connectivity index (χ2n) is 11.8. The van der Waals surface area contributed by atoms with Crippen LogP contribution in [0, 0.1) is 0 Å². The van der Waals surface area contributed by atoms with E-state index in [1.54, 1.807) is 12.2 Å². The van der Waals surface area contributed by atoms with Gasteiger partial charge in [-0.15, -0.1) is 0 Å². The molecule has 0 saturated carbocycles. The van der Waals surface area contributed by atoms with Crippen molar-refractivity contribution in [2.45, 2.75) is 97.3 Å². The summed E-state index contributed by atoms with van der Waals surface area (Å²) in [5.74, 6) is 2.08. The highest BCUT2D eigenvalue weighted by atomic mass is 16.5. The summed E-state index contributed by atoms with van der Waals surface area (Å²) in [5, 5.41) is 0. The van der Waals surface area contributed by atoms with E-state index in [-0.39, 0.29) is 18.0 Å². The van der Waals surface area contributed by atoms with E-state index < -0.39 is 0 Å². The lowest BCUT2D eigenvalue weighted by atomic mass is 10.1. The molecule has 0 radical (unpaired) electrons. The topological polar surface area (TPSA) is 126 Å². The first-order valence-electron chi connectivity index (χ1n) is 17.8. The average molecular weight is 653 g/mol. The van der Waals surface area contributed by atoms with Crippen LogP contribution in [0.1, 0.15) is 108 Å². The number of quaternary nitrogens is 2. The molecule has 47 heavy (non-hydrogen) atoms. The fraction of sp³-hybridized carbons (Fsp3) is 0.538. The van der Waals surface area contributed by atoms with E-state index >= 15 is 0 Å². The van der Waals surface area contributed by atoms with Crippen molar-refractivity contribution in [1.82, 2.24) is 0 Å². The molecule has 0 atom stereocenters. The Hall–Kier alpha value is -3.62. The van der Waals surface area contributed by atoms with Gasteiger partial charge in [0, 0.05) is 0 Å². The Morgan fingerprint density at radius 2 is 0.915 bits per heavy atom. The van der Waals surface area contributed by atoms with E-state index in [9.17, 15) is 9.59 Å². The molecule has 0 bridgehead atoms. The summed E-state index contributed by atoms with van der Waals surface area (Å²) in [6.45, 7) is 7.92. The second kappa shape index (κ2) is 25.5. The third kappa shape index (κ3) is 17.8.